The molecule has 2 fully saturated rings. The third kappa shape index (κ3) is 1.10. The van der Waals surface area contributed by atoms with Gasteiger partial charge in [-0.3, -0.25) is 4.79 Å². The second-order valence-corrected chi connectivity index (χ2v) is 4.22. The molecule has 2 aliphatic rings. The Bertz CT molecular complexity index is 229. The van der Waals surface area contributed by atoms with Gasteiger partial charge in [0.05, 0.1) is 12.0 Å². The topological polar surface area (TPSA) is 52.3 Å². The quantitative estimate of drug-likeness (QED) is 0.651. The minimum Gasteiger partial charge on any atom is -0.466 e. The first-order valence-electron chi connectivity index (χ1n) is 5.13. The Morgan fingerprint density at radius 3 is 2.69 bits per heavy atom. The summed E-state index contributed by atoms with van der Waals surface area (Å²) >= 11 is 0. The molecule has 0 amide bonds. The molecule has 2 N–H and O–H groups in total. The van der Waals surface area contributed by atoms with E-state index in [4.69, 9.17) is 10.5 Å². The molecule has 0 bridgehead atoms. The van der Waals surface area contributed by atoms with Crippen LogP contribution < -0.4 is 5.73 Å². The lowest BCUT2D eigenvalue weighted by molar-refractivity contribution is -0.165. The summed E-state index contributed by atoms with van der Waals surface area (Å²) in [6, 6.07) is 0.234. The maximum absolute atomic E-state index is 11.7. The molecule has 3 heteroatoms. The van der Waals surface area contributed by atoms with Gasteiger partial charge >= 0.3 is 5.97 Å². The number of hydrogen-bond donors (Lipinski definition) is 1. The molecule has 0 radical (unpaired) electrons. The van der Waals surface area contributed by atoms with Crippen molar-refractivity contribution in [3.05, 3.63) is 0 Å². The molecule has 0 aliphatic heterocycles. The first-order chi connectivity index (χ1) is 6.20. The minimum absolute atomic E-state index is 0.000741. The van der Waals surface area contributed by atoms with E-state index in [-0.39, 0.29) is 17.4 Å². The third-order valence-corrected chi connectivity index (χ3v) is 3.73. The first kappa shape index (κ1) is 9.00. The van der Waals surface area contributed by atoms with Crippen LogP contribution in [-0.4, -0.2) is 18.6 Å². The summed E-state index contributed by atoms with van der Waals surface area (Å²) < 4.78 is 5.10. The van der Waals surface area contributed by atoms with Gasteiger partial charge in [-0.1, -0.05) is 0 Å². The van der Waals surface area contributed by atoms with Crippen LogP contribution in [0.25, 0.3) is 0 Å². The fourth-order valence-corrected chi connectivity index (χ4v) is 2.85. The van der Waals surface area contributed by atoms with Gasteiger partial charge in [0.25, 0.3) is 0 Å². The van der Waals surface area contributed by atoms with Gasteiger partial charge in [-0.15, -0.1) is 0 Å². The van der Waals surface area contributed by atoms with Gasteiger partial charge < -0.3 is 10.5 Å². The predicted octanol–water partition coefficient (Wildman–Crippen LogP) is 1.07. The lowest BCUT2D eigenvalue weighted by atomic mass is 9.61. The molecule has 13 heavy (non-hydrogen) atoms. The second kappa shape index (κ2) is 2.98. The molecule has 0 spiro atoms. The zero-order valence-electron chi connectivity index (χ0n) is 8.08. The number of esters is 1. The van der Waals surface area contributed by atoms with E-state index in [0.717, 1.165) is 25.7 Å². The molecular formula is C10H17NO2. The SMILES string of the molecule is CCOC(=O)[C@@]12CC[C@@H](N)[C@@H]1CC2. The molecule has 2 saturated carbocycles. The van der Waals surface area contributed by atoms with Crippen LogP contribution in [-0.2, 0) is 9.53 Å². The molecule has 2 aliphatic carbocycles. The predicted molar refractivity (Wildman–Crippen MR) is 49.0 cm³/mol. The Hall–Kier alpha value is -0.570. The van der Waals surface area contributed by atoms with Crippen molar-refractivity contribution >= 4 is 5.97 Å². The molecule has 2 rings (SSSR count). The summed E-state index contributed by atoms with van der Waals surface area (Å²) in [5.41, 5.74) is 5.76. The lowest BCUT2D eigenvalue weighted by Crippen LogP contribution is -2.48. The fourth-order valence-electron chi connectivity index (χ4n) is 2.85. The van der Waals surface area contributed by atoms with Gasteiger partial charge in [0.2, 0.25) is 0 Å². The summed E-state index contributed by atoms with van der Waals surface area (Å²) in [7, 11) is 0. The van der Waals surface area contributed by atoms with Crippen LogP contribution in [0, 0.1) is 11.3 Å². The molecule has 0 aromatic carbocycles. The largest absolute Gasteiger partial charge is 0.466 e. The Morgan fingerprint density at radius 2 is 2.23 bits per heavy atom. The van der Waals surface area contributed by atoms with Gasteiger partial charge in [-0.05, 0) is 38.5 Å². The molecule has 74 valence electrons. The molecular weight excluding hydrogens is 166 g/mol. The van der Waals surface area contributed by atoms with Gasteiger partial charge in [0.15, 0.2) is 0 Å². The van der Waals surface area contributed by atoms with E-state index in [1.165, 1.54) is 0 Å². The Labute approximate surface area is 78.6 Å². The number of fused-ring (bicyclic) bond motifs is 1. The van der Waals surface area contributed by atoms with Crippen molar-refractivity contribution in [3.63, 3.8) is 0 Å². The fraction of sp³-hybridized carbons (Fsp3) is 0.900. The van der Waals surface area contributed by atoms with Crippen molar-refractivity contribution in [1.29, 1.82) is 0 Å². The number of ether oxygens (including phenoxy) is 1. The van der Waals surface area contributed by atoms with E-state index >= 15 is 0 Å². The molecule has 0 heterocycles. The molecule has 0 aromatic heterocycles. The lowest BCUT2D eigenvalue weighted by Gasteiger charge is -2.43. The molecule has 3 nitrogen and oxygen atoms in total. The van der Waals surface area contributed by atoms with Crippen molar-refractivity contribution < 1.29 is 9.53 Å². The van der Waals surface area contributed by atoms with Crippen molar-refractivity contribution in [1.82, 2.24) is 0 Å². The maximum Gasteiger partial charge on any atom is 0.312 e. The van der Waals surface area contributed by atoms with Gasteiger partial charge in [-0.25, -0.2) is 0 Å². The number of rotatable bonds is 2. The Morgan fingerprint density at radius 1 is 1.54 bits per heavy atom. The summed E-state index contributed by atoms with van der Waals surface area (Å²) in [5, 5.41) is 0. The number of carbonyl (C=O) groups is 1. The highest BCUT2D eigenvalue weighted by Crippen LogP contribution is 2.57. The van der Waals surface area contributed by atoms with Crippen molar-refractivity contribution in [2.24, 2.45) is 17.1 Å². The molecule has 0 unspecified atom stereocenters. The standard InChI is InChI=1S/C10H17NO2/c1-2-13-9(12)10-5-3-7(10)8(11)4-6-10/h7-8H,2-6,11H2,1H3/t7-,8+,10-/m0/s1. The molecule has 0 saturated heterocycles. The van der Waals surface area contributed by atoms with Crippen LogP contribution in [0.3, 0.4) is 0 Å². The van der Waals surface area contributed by atoms with Crippen LogP contribution in [0.4, 0.5) is 0 Å². The highest BCUT2D eigenvalue weighted by atomic mass is 16.5. The average molecular weight is 183 g/mol. The summed E-state index contributed by atoms with van der Waals surface area (Å²) in [6.07, 6.45) is 4.03. The van der Waals surface area contributed by atoms with Crippen LogP contribution in [0.2, 0.25) is 0 Å². The number of hydrogen-bond acceptors (Lipinski definition) is 3. The summed E-state index contributed by atoms with van der Waals surface area (Å²) in [6.45, 7) is 2.35. The number of nitrogens with two attached hydrogens (primary N) is 1. The van der Waals surface area contributed by atoms with E-state index in [0.29, 0.717) is 12.5 Å². The van der Waals surface area contributed by atoms with Gasteiger partial charge in [0, 0.05) is 6.04 Å². The zero-order valence-corrected chi connectivity index (χ0v) is 8.08. The van der Waals surface area contributed by atoms with E-state index < -0.39 is 0 Å². The van der Waals surface area contributed by atoms with E-state index in [2.05, 4.69) is 0 Å². The summed E-state index contributed by atoms with van der Waals surface area (Å²) in [4.78, 5) is 11.7. The smallest absolute Gasteiger partial charge is 0.312 e. The van der Waals surface area contributed by atoms with Gasteiger partial charge in [-0.2, -0.15) is 0 Å². The monoisotopic (exact) mass is 183 g/mol. The highest BCUT2D eigenvalue weighted by molar-refractivity contribution is 5.79. The highest BCUT2D eigenvalue weighted by Gasteiger charge is 2.59. The summed E-state index contributed by atoms with van der Waals surface area (Å²) in [5.74, 6) is 0.408. The van der Waals surface area contributed by atoms with E-state index in [1.54, 1.807) is 0 Å². The zero-order chi connectivity index (χ0) is 9.47. The van der Waals surface area contributed by atoms with Crippen molar-refractivity contribution in [2.75, 3.05) is 6.61 Å². The molecule has 3 atom stereocenters. The van der Waals surface area contributed by atoms with Crippen LogP contribution in [0.1, 0.15) is 32.6 Å². The maximum atomic E-state index is 11.7. The van der Waals surface area contributed by atoms with Crippen LogP contribution in [0.5, 0.6) is 0 Å². The van der Waals surface area contributed by atoms with Crippen LogP contribution >= 0.6 is 0 Å². The van der Waals surface area contributed by atoms with E-state index in [1.807, 2.05) is 6.92 Å². The van der Waals surface area contributed by atoms with E-state index in [9.17, 15) is 4.79 Å². The van der Waals surface area contributed by atoms with Crippen molar-refractivity contribution in [2.45, 2.75) is 38.6 Å². The Balaban J connectivity index is 2.09. The first-order valence-corrected chi connectivity index (χ1v) is 5.13. The van der Waals surface area contributed by atoms with Gasteiger partial charge in [0.1, 0.15) is 0 Å². The third-order valence-electron chi connectivity index (χ3n) is 3.73. The van der Waals surface area contributed by atoms with Crippen molar-refractivity contribution in [3.8, 4) is 0 Å². The normalized spacial score (nSPS) is 42.3. The molecule has 0 aromatic rings. The second-order valence-electron chi connectivity index (χ2n) is 4.22. The minimum atomic E-state index is -0.171. The number of carbonyl (C=O) groups excluding carboxylic acids is 1. The van der Waals surface area contributed by atoms with Crippen LogP contribution in [0.15, 0.2) is 0 Å². The average Bonchev–Trinajstić information content (AvgIpc) is 2.23. The Kier molecular flexibility index (Phi) is 2.06.